The number of aromatic amines is 1. The molecule has 2 N–H and O–H groups in total. The number of nitrogens with zero attached hydrogens (tertiary/aromatic N) is 6. The maximum absolute atomic E-state index is 13.4. The van der Waals surface area contributed by atoms with Gasteiger partial charge in [0.1, 0.15) is 18.1 Å². The molecule has 0 radical (unpaired) electrons. The van der Waals surface area contributed by atoms with Crippen LogP contribution in [0.2, 0.25) is 5.02 Å². The molecule has 5 aromatic rings. The first-order valence-electron chi connectivity index (χ1n) is 12.2. The van der Waals surface area contributed by atoms with Gasteiger partial charge in [-0.05, 0) is 66.6 Å². The molecule has 6 rings (SSSR count). The van der Waals surface area contributed by atoms with E-state index in [1.807, 2.05) is 31.2 Å². The normalized spacial score (nSPS) is 14.3. The van der Waals surface area contributed by atoms with E-state index in [1.54, 1.807) is 35.1 Å². The summed E-state index contributed by atoms with van der Waals surface area (Å²) in [6, 6.07) is 14.8. The minimum Gasteiger partial charge on any atom is -0.618 e. The number of amides is 1. The molecule has 3 aromatic heterocycles. The van der Waals surface area contributed by atoms with Gasteiger partial charge in [0.05, 0.1) is 18.5 Å². The highest BCUT2D eigenvalue weighted by Crippen LogP contribution is 2.39. The van der Waals surface area contributed by atoms with Crippen LogP contribution in [0.4, 0.5) is 10.5 Å². The zero-order valence-electron chi connectivity index (χ0n) is 21.1. The number of anilines is 1. The van der Waals surface area contributed by atoms with Crippen molar-refractivity contribution >= 4 is 23.4 Å². The zero-order valence-corrected chi connectivity index (χ0v) is 21.8. The van der Waals surface area contributed by atoms with Crippen LogP contribution in [0.5, 0.6) is 0 Å². The van der Waals surface area contributed by atoms with Crippen LogP contribution in [0.1, 0.15) is 35.1 Å². The Hall–Kier alpha value is -4.77. The number of halogens is 1. The summed E-state index contributed by atoms with van der Waals surface area (Å²) in [6.07, 6.45) is 4.03. The van der Waals surface area contributed by atoms with Crippen LogP contribution < -0.4 is 10.0 Å². The molecule has 0 fully saturated rings. The lowest BCUT2D eigenvalue weighted by Crippen LogP contribution is -2.33. The molecule has 0 saturated carbocycles. The van der Waals surface area contributed by atoms with E-state index in [9.17, 15) is 10.0 Å². The number of H-pyrrole nitrogens is 1. The van der Waals surface area contributed by atoms with Crippen molar-refractivity contribution in [3.63, 3.8) is 0 Å². The van der Waals surface area contributed by atoms with Gasteiger partial charge >= 0.3 is 6.09 Å². The lowest BCUT2D eigenvalue weighted by molar-refractivity contribution is -0.614. The lowest BCUT2D eigenvalue weighted by atomic mass is 10.0. The number of nitrogens with one attached hydrogen (secondary N) is 2. The fourth-order valence-electron chi connectivity index (χ4n) is 5.08. The Labute approximate surface area is 228 Å². The molecule has 2 aromatic carbocycles. The number of pyridine rings is 1. The summed E-state index contributed by atoms with van der Waals surface area (Å²) in [5, 5.41) is 28.1. The van der Waals surface area contributed by atoms with E-state index in [0.717, 1.165) is 62.7 Å². The summed E-state index contributed by atoms with van der Waals surface area (Å²) >= 11 is 6.31. The monoisotopic (exact) mass is 542 g/mol. The minimum atomic E-state index is -0.531. The molecule has 1 aliphatic carbocycles. The van der Waals surface area contributed by atoms with Crippen molar-refractivity contribution in [1.82, 2.24) is 30.2 Å². The van der Waals surface area contributed by atoms with Crippen molar-refractivity contribution in [1.29, 1.82) is 0 Å². The fourth-order valence-corrected chi connectivity index (χ4v) is 5.26. The standard InChI is InChI=1S/C27H23ClN8O3/c1-15-24(16-3-7-20(8-4-16)31-27(37)39-2)32-26(30-15)21-9-5-17-11-18(13-36(38)25(17)21)22-12-19(28)6-10-23(22)35-14-29-33-34-35/h3-4,6-8,10-14,21H,5,9H2,1-2H3,(H,30,32)(H,31,37). The number of tetrazole rings is 1. The van der Waals surface area contributed by atoms with E-state index >= 15 is 0 Å². The first-order chi connectivity index (χ1) is 18.9. The number of benzene rings is 2. The number of aryl methyl sites for hydroxylation is 2. The molecular weight excluding hydrogens is 520 g/mol. The molecule has 0 saturated heterocycles. The Balaban J connectivity index is 1.32. The maximum Gasteiger partial charge on any atom is 0.411 e. The molecule has 1 aliphatic rings. The molecule has 1 atom stereocenters. The van der Waals surface area contributed by atoms with Crippen LogP contribution in [0, 0.1) is 12.1 Å². The van der Waals surface area contributed by atoms with Crippen LogP contribution in [-0.2, 0) is 11.2 Å². The van der Waals surface area contributed by atoms with Gasteiger partial charge in [0.15, 0.2) is 6.20 Å². The summed E-state index contributed by atoms with van der Waals surface area (Å²) < 4.78 is 7.12. The molecule has 0 spiro atoms. The third-order valence-electron chi connectivity index (χ3n) is 6.87. The first kappa shape index (κ1) is 24.6. The summed E-state index contributed by atoms with van der Waals surface area (Å²) in [4.78, 5) is 19.7. The molecule has 0 bridgehead atoms. The van der Waals surface area contributed by atoms with Crippen LogP contribution >= 0.6 is 11.6 Å². The van der Waals surface area contributed by atoms with Gasteiger partial charge in [-0.1, -0.05) is 23.7 Å². The van der Waals surface area contributed by atoms with E-state index in [-0.39, 0.29) is 5.92 Å². The van der Waals surface area contributed by atoms with Gasteiger partial charge in [0.2, 0.25) is 5.69 Å². The van der Waals surface area contributed by atoms with E-state index in [1.165, 1.54) is 13.4 Å². The van der Waals surface area contributed by atoms with Crippen LogP contribution in [0.25, 0.3) is 28.1 Å². The molecule has 11 nitrogen and oxygen atoms in total. The Morgan fingerprint density at radius 2 is 2.03 bits per heavy atom. The second-order valence-electron chi connectivity index (χ2n) is 9.26. The molecule has 39 heavy (non-hydrogen) atoms. The van der Waals surface area contributed by atoms with E-state index in [2.05, 4.69) is 30.6 Å². The van der Waals surface area contributed by atoms with Gasteiger partial charge in [0, 0.05) is 38.7 Å². The number of hydrogen-bond donors (Lipinski definition) is 2. The van der Waals surface area contributed by atoms with E-state index in [0.29, 0.717) is 16.4 Å². The number of rotatable bonds is 5. The van der Waals surface area contributed by atoms with Gasteiger partial charge in [-0.3, -0.25) is 5.32 Å². The second-order valence-corrected chi connectivity index (χ2v) is 9.70. The Kier molecular flexibility index (Phi) is 6.20. The third kappa shape index (κ3) is 4.57. The molecule has 12 heteroatoms. The SMILES string of the molecule is COC(=O)Nc1ccc(-c2nc(C3CCc4cc(-c5cc(Cl)ccc5-n5cnnn5)c[n+]([O-])c43)[nH]c2C)cc1. The number of aromatic nitrogens is 7. The predicted molar refractivity (Wildman–Crippen MR) is 144 cm³/mol. The van der Waals surface area contributed by atoms with Crippen molar-refractivity contribution in [3.8, 4) is 28.1 Å². The average molecular weight is 543 g/mol. The highest BCUT2D eigenvalue weighted by atomic mass is 35.5. The zero-order chi connectivity index (χ0) is 27.1. The number of hydrogen-bond acceptors (Lipinski definition) is 7. The van der Waals surface area contributed by atoms with Crippen molar-refractivity contribution in [2.24, 2.45) is 0 Å². The van der Waals surface area contributed by atoms with Gasteiger partial charge in [0.25, 0.3) is 0 Å². The molecule has 0 aliphatic heterocycles. The summed E-state index contributed by atoms with van der Waals surface area (Å²) in [5.41, 5.74) is 7.05. The third-order valence-corrected chi connectivity index (χ3v) is 7.11. The number of fused-ring (bicyclic) bond motifs is 1. The smallest absolute Gasteiger partial charge is 0.411 e. The molecular formula is C27H23ClN8O3. The largest absolute Gasteiger partial charge is 0.618 e. The van der Waals surface area contributed by atoms with Crippen LogP contribution in [0.15, 0.2) is 61.1 Å². The number of carbonyl (C=O) groups is 1. The van der Waals surface area contributed by atoms with Crippen LogP contribution in [-0.4, -0.2) is 43.4 Å². The van der Waals surface area contributed by atoms with E-state index in [4.69, 9.17) is 16.6 Å². The van der Waals surface area contributed by atoms with Crippen LogP contribution in [0.3, 0.4) is 0 Å². The quantitative estimate of drug-likeness (QED) is 0.245. The molecule has 196 valence electrons. The fraction of sp³-hybridized carbons (Fsp3) is 0.185. The first-order valence-corrected chi connectivity index (χ1v) is 12.6. The highest BCUT2D eigenvalue weighted by molar-refractivity contribution is 6.31. The van der Waals surface area contributed by atoms with Gasteiger partial charge in [-0.2, -0.15) is 9.41 Å². The number of imidazole rings is 1. The number of methoxy groups -OCH3 is 1. The molecule has 1 amide bonds. The Morgan fingerprint density at radius 1 is 1.21 bits per heavy atom. The minimum absolute atomic E-state index is 0.169. The number of carbonyl (C=O) groups excluding carboxylic acids is 1. The highest BCUT2D eigenvalue weighted by Gasteiger charge is 2.35. The Bertz CT molecular complexity index is 1680. The summed E-state index contributed by atoms with van der Waals surface area (Å²) in [5.74, 6) is 0.574. The van der Waals surface area contributed by atoms with Crippen molar-refractivity contribution < 1.29 is 14.3 Å². The summed E-state index contributed by atoms with van der Waals surface area (Å²) in [6.45, 7) is 1.95. The predicted octanol–water partition coefficient (Wildman–Crippen LogP) is 4.57. The van der Waals surface area contributed by atoms with Gasteiger partial charge in [-0.15, -0.1) is 5.10 Å². The topological polar surface area (TPSA) is 138 Å². The maximum atomic E-state index is 13.4. The van der Waals surface area contributed by atoms with Crippen molar-refractivity contribution in [3.05, 3.63) is 94.1 Å². The lowest BCUT2D eigenvalue weighted by Gasteiger charge is -2.13. The molecule has 1 unspecified atom stereocenters. The molecule has 3 heterocycles. The van der Waals surface area contributed by atoms with Crippen molar-refractivity contribution in [2.75, 3.05) is 12.4 Å². The van der Waals surface area contributed by atoms with E-state index < -0.39 is 6.09 Å². The second kappa shape index (κ2) is 9.84. The van der Waals surface area contributed by atoms with Crippen molar-refractivity contribution in [2.45, 2.75) is 25.7 Å². The average Bonchev–Trinajstić information content (AvgIpc) is 3.69. The van der Waals surface area contributed by atoms with Gasteiger partial charge in [-0.25, -0.2) is 9.78 Å². The number of ether oxygens (including phenoxy) is 1. The Morgan fingerprint density at radius 3 is 2.77 bits per heavy atom. The van der Waals surface area contributed by atoms with Gasteiger partial charge < -0.3 is 14.9 Å². The summed E-state index contributed by atoms with van der Waals surface area (Å²) in [7, 11) is 1.32.